The van der Waals surface area contributed by atoms with Crippen molar-refractivity contribution in [1.29, 1.82) is 0 Å². The van der Waals surface area contributed by atoms with Gasteiger partial charge in [0.1, 0.15) is 5.75 Å². The summed E-state index contributed by atoms with van der Waals surface area (Å²) in [7, 11) is 0. The van der Waals surface area contributed by atoms with Gasteiger partial charge in [-0.2, -0.15) is 0 Å². The minimum Gasteiger partial charge on any atom is -0.493 e. The van der Waals surface area contributed by atoms with Crippen LogP contribution >= 0.6 is 15.9 Å². The number of carbonyl (C=O) groups excluding carboxylic acids is 1. The summed E-state index contributed by atoms with van der Waals surface area (Å²) in [4.78, 5) is 13.7. The van der Waals surface area contributed by atoms with E-state index in [0.29, 0.717) is 13.2 Å². The average Bonchev–Trinajstić information content (AvgIpc) is 2.25. The SMILES string of the molecule is O=C=NCC1CCOc2cc(Br)ccc21. The van der Waals surface area contributed by atoms with Crippen LogP contribution in [0.25, 0.3) is 0 Å². The van der Waals surface area contributed by atoms with Crippen LogP contribution in [0.1, 0.15) is 17.9 Å². The lowest BCUT2D eigenvalue weighted by atomic mass is 9.93. The van der Waals surface area contributed by atoms with E-state index < -0.39 is 0 Å². The van der Waals surface area contributed by atoms with E-state index in [2.05, 4.69) is 20.9 Å². The van der Waals surface area contributed by atoms with Crippen LogP contribution in [0.4, 0.5) is 0 Å². The van der Waals surface area contributed by atoms with Gasteiger partial charge >= 0.3 is 0 Å². The molecule has 1 aromatic rings. The van der Waals surface area contributed by atoms with E-state index in [-0.39, 0.29) is 5.92 Å². The summed E-state index contributed by atoms with van der Waals surface area (Å²) in [5.41, 5.74) is 1.13. The molecule has 0 spiro atoms. The Bertz CT molecular complexity index is 413. The molecular formula is C11H10BrNO2. The number of fused-ring (bicyclic) bond motifs is 1. The molecule has 0 saturated heterocycles. The van der Waals surface area contributed by atoms with Gasteiger partial charge in [0.15, 0.2) is 0 Å². The maximum Gasteiger partial charge on any atom is 0.234 e. The number of nitrogens with zero attached hydrogens (tertiary/aromatic N) is 1. The molecule has 2 rings (SSSR count). The summed E-state index contributed by atoms with van der Waals surface area (Å²) in [6.07, 6.45) is 2.48. The van der Waals surface area contributed by atoms with Gasteiger partial charge in [-0.25, -0.2) is 9.79 Å². The fourth-order valence-electron chi connectivity index (χ4n) is 1.77. The average molecular weight is 268 g/mol. The van der Waals surface area contributed by atoms with Crippen molar-refractivity contribution in [3.63, 3.8) is 0 Å². The minimum atomic E-state index is 0.281. The maximum atomic E-state index is 10.1. The quantitative estimate of drug-likeness (QED) is 0.611. The first-order valence-corrected chi connectivity index (χ1v) is 5.56. The molecule has 4 heteroatoms. The van der Waals surface area contributed by atoms with Crippen LogP contribution in [0.3, 0.4) is 0 Å². The van der Waals surface area contributed by atoms with E-state index in [1.54, 1.807) is 6.08 Å². The second kappa shape index (κ2) is 4.60. The van der Waals surface area contributed by atoms with Gasteiger partial charge in [0.2, 0.25) is 6.08 Å². The topological polar surface area (TPSA) is 38.7 Å². The third-order valence-electron chi connectivity index (χ3n) is 2.52. The molecule has 1 unspecified atom stereocenters. The van der Waals surface area contributed by atoms with Gasteiger partial charge in [-0.05, 0) is 24.1 Å². The van der Waals surface area contributed by atoms with Crippen molar-refractivity contribution in [1.82, 2.24) is 0 Å². The molecule has 0 N–H and O–H groups in total. The van der Waals surface area contributed by atoms with Gasteiger partial charge in [0.05, 0.1) is 13.2 Å². The Morgan fingerprint density at radius 2 is 2.47 bits per heavy atom. The molecule has 0 radical (unpaired) electrons. The van der Waals surface area contributed by atoms with E-state index >= 15 is 0 Å². The molecule has 1 aromatic carbocycles. The molecule has 0 bridgehead atoms. The van der Waals surface area contributed by atoms with Crippen LogP contribution in [-0.4, -0.2) is 19.2 Å². The second-order valence-corrected chi connectivity index (χ2v) is 4.36. The predicted molar refractivity (Wildman–Crippen MR) is 60.0 cm³/mol. The van der Waals surface area contributed by atoms with Gasteiger partial charge in [-0.3, -0.25) is 0 Å². The minimum absolute atomic E-state index is 0.281. The molecule has 1 aliphatic rings. The highest BCUT2D eigenvalue weighted by atomic mass is 79.9. The molecule has 1 aliphatic heterocycles. The molecule has 0 saturated carbocycles. The first-order valence-electron chi connectivity index (χ1n) is 4.77. The molecule has 15 heavy (non-hydrogen) atoms. The van der Waals surface area contributed by atoms with E-state index in [4.69, 9.17) is 4.74 Å². The van der Waals surface area contributed by atoms with Crippen molar-refractivity contribution in [2.75, 3.05) is 13.2 Å². The zero-order chi connectivity index (χ0) is 10.7. The van der Waals surface area contributed by atoms with Gasteiger partial charge in [0.25, 0.3) is 0 Å². The highest BCUT2D eigenvalue weighted by molar-refractivity contribution is 9.10. The second-order valence-electron chi connectivity index (χ2n) is 3.45. The number of hydrogen-bond acceptors (Lipinski definition) is 3. The standard InChI is InChI=1S/C11H10BrNO2/c12-9-1-2-10-8(6-13-7-14)3-4-15-11(10)5-9/h1-2,5,8H,3-4,6H2. The van der Waals surface area contributed by atoms with Crippen molar-refractivity contribution in [2.45, 2.75) is 12.3 Å². The fraction of sp³-hybridized carbons (Fsp3) is 0.364. The summed E-state index contributed by atoms with van der Waals surface area (Å²) in [6, 6.07) is 5.95. The van der Waals surface area contributed by atoms with Crippen LogP contribution in [0, 0.1) is 0 Å². The predicted octanol–water partition coefficient (Wildman–Crippen LogP) is 2.65. The summed E-state index contributed by atoms with van der Waals surface area (Å²) in [5.74, 6) is 1.17. The summed E-state index contributed by atoms with van der Waals surface area (Å²) in [5, 5.41) is 0. The zero-order valence-electron chi connectivity index (χ0n) is 8.07. The van der Waals surface area contributed by atoms with Crippen molar-refractivity contribution in [3.8, 4) is 5.75 Å². The number of hydrogen-bond donors (Lipinski definition) is 0. The third kappa shape index (κ3) is 2.28. The lowest BCUT2D eigenvalue weighted by Gasteiger charge is -2.24. The fourth-order valence-corrected chi connectivity index (χ4v) is 2.11. The molecule has 78 valence electrons. The lowest BCUT2D eigenvalue weighted by Crippen LogP contribution is -2.16. The number of benzene rings is 1. The van der Waals surface area contributed by atoms with Gasteiger partial charge in [-0.1, -0.05) is 22.0 Å². The van der Waals surface area contributed by atoms with Gasteiger partial charge in [0, 0.05) is 10.4 Å². The van der Waals surface area contributed by atoms with Crippen molar-refractivity contribution < 1.29 is 9.53 Å². The van der Waals surface area contributed by atoms with E-state index in [9.17, 15) is 4.79 Å². The van der Waals surface area contributed by atoms with Gasteiger partial charge < -0.3 is 4.74 Å². The van der Waals surface area contributed by atoms with E-state index in [1.807, 2.05) is 18.2 Å². The Kier molecular flexibility index (Phi) is 3.19. The summed E-state index contributed by atoms with van der Waals surface area (Å²) < 4.78 is 6.55. The Hall–Kier alpha value is -1.12. The van der Waals surface area contributed by atoms with Crippen LogP contribution in [0.5, 0.6) is 5.75 Å². The first kappa shape index (κ1) is 10.4. The van der Waals surface area contributed by atoms with Crippen molar-refractivity contribution in [2.24, 2.45) is 4.99 Å². The maximum absolute atomic E-state index is 10.1. The molecule has 0 aliphatic carbocycles. The third-order valence-corrected chi connectivity index (χ3v) is 3.01. The normalized spacial score (nSPS) is 18.6. The van der Waals surface area contributed by atoms with Crippen molar-refractivity contribution >= 4 is 22.0 Å². The summed E-state index contributed by atoms with van der Waals surface area (Å²) >= 11 is 3.40. The Labute approximate surface area is 96.3 Å². The first-order chi connectivity index (χ1) is 7.31. The van der Waals surface area contributed by atoms with E-state index in [1.165, 1.54) is 0 Å². The van der Waals surface area contributed by atoms with Crippen LogP contribution < -0.4 is 4.74 Å². The Morgan fingerprint density at radius 1 is 1.60 bits per heavy atom. The van der Waals surface area contributed by atoms with Gasteiger partial charge in [-0.15, -0.1) is 0 Å². The number of aliphatic imine (C=N–C) groups is 1. The number of ether oxygens (including phenoxy) is 1. The Morgan fingerprint density at radius 3 is 3.27 bits per heavy atom. The van der Waals surface area contributed by atoms with Crippen molar-refractivity contribution in [3.05, 3.63) is 28.2 Å². The van der Waals surface area contributed by atoms with Crippen LogP contribution in [0.15, 0.2) is 27.7 Å². The monoisotopic (exact) mass is 267 g/mol. The zero-order valence-corrected chi connectivity index (χ0v) is 9.66. The van der Waals surface area contributed by atoms with Crippen LogP contribution in [0.2, 0.25) is 0 Å². The van der Waals surface area contributed by atoms with E-state index in [0.717, 1.165) is 22.2 Å². The molecular weight excluding hydrogens is 258 g/mol. The highest BCUT2D eigenvalue weighted by Crippen LogP contribution is 2.35. The smallest absolute Gasteiger partial charge is 0.234 e. The largest absolute Gasteiger partial charge is 0.493 e. The lowest BCUT2D eigenvalue weighted by molar-refractivity contribution is 0.268. The molecule has 1 heterocycles. The molecule has 0 fully saturated rings. The Balaban J connectivity index is 2.29. The molecule has 0 amide bonds. The highest BCUT2D eigenvalue weighted by Gasteiger charge is 2.21. The number of halogens is 1. The molecule has 3 nitrogen and oxygen atoms in total. The molecule has 1 atom stereocenters. The summed E-state index contributed by atoms with van der Waals surface area (Å²) in [6.45, 7) is 1.18. The molecule has 0 aromatic heterocycles. The van der Waals surface area contributed by atoms with Crippen LogP contribution in [-0.2, 0) is 4.79 Å². The number of isocyanates is 1. The number of rotatable bonds is 2.